The summed E-state index contributed by atoms with van der Waals surface area (Å²) in [7, 11) is 0. The first-order valence-electron chi connectivity index (χ1n) is 7.01. The average Bonchev–Trinajstić information content (AvgIpc) is 2.45. The zero-order chi connectivity index (χ0) is 12.8. The van der Waals surface area contributed by atoms with E-state index in [-0.39, 0.29) is 18.6 Å². The van der Waals surface area contributed by atoms with Crippen LogP contribution in [-0.2, 0) is 9.53 Å². The number of hydrogen-bond donors (Lipinski definition) is 1. The van der Waals surface area contributed by atoms with Gasteiger partial charge in [0.2, 0.25) is 5.91 Å². The Kier molecular flexibility index (Phi) is 5.41. The van der Waals surface area contributed by atoms with E-state index >= 15 is 0 Å². The maximum absolute atomic E-state index is 12.1. The van der Waals surface area contributed by atoms with Gasteiger partial charge in [0.15, 0.2) is 0 Å². The van der Waals surface area contributed by atoms with Gasteiger partial charge in [-0.1, -0.05) is 6.42 Å². The number of carbonyl (C=O) groups excluding carboxylic acids is 1. The molecule has 2 aliphatic rings. The van der Waals surface area contributed by atoms with E-state index < -0.39 is 0 Å². The lowest BCUT2D eigenvalue weighted by atomic mass is 10.1. The molecule has 0 aromatic carbocycles. The predicted molar refractivity (Wildman–Crippen MR) is 68.3 cm³/mol. The molecule has 18 heavy (non-hydrogen) atoms. The fourth-order valence-corrected chi connectivity index (χ4v) is 2.71. The topological polar surface area (TPSA) is 53.0 Å². The first-order valence-corrected chi connectivity index (χ1v) is 7.01. The number of morpholine rings is 1. The number of rotatable bonds is 4. The van der Waals surface area contributed by atoms with Crippen molar-refractivity contribution in [3.05, 3.63) is 0 Å². The van der Waals surface area contributed by atoms with E-state index in [2.05, 4.69) is 4.90 Å². The van der Waals surface area contributed by atoms with Gasteiger partial charge in [-0.25, -0.2) is 0 Å². The molecule has 2 fully saturated rings. The van der Waals surface area contributed by atoms with E-state index in [1.54, 1.807) is 4.90 Å². The molecule has 2 saturated heterocycles. The lowest BCUT2D eigenvalue weighted by molar-refractivity contribution is -0.142. The molecule has 5 heteroatoms. The van der Waals surface area contributed by atoms with E-state index in [1.807, 2.05) is 0 Å². The molecule has 1 N–H and O–H groups in total. The van der Waals surface area contributed by atoms with Crippen LogP contribution in [0.2, 0.25) is 0 Å². The molecule has 2 rings (SSSR count). The zero-order valence-electron chi connectivity index (χ0n) is 11.0. The van der Waals surface area contributed by atoms with Gasteiger partial charge in [-0.15, -0.1) is 0 Å². The van der Waals surface area contributed by atoms with Crippen LogP contribution >= 0.6 is 0 Å². The highest BCUT2D eigenvalue weighted by Crippen LogP contribution is 2.11. The molecular weight excluding hydrogens is 232 g/mol. The molecule has 2 aliphatic heterocycles. The first-order chi connectivity index (χ1) is 8.81. The molecule has 2 heterocycles. The van der Waals surface area contributed by atoms with E-state index in [0.717, 1.165) is 19.6 Å². The number of ether oxygens (including phenoxy) is 1. The maximum Gasteiger partial charge on any atom is 0.224 e. The second-order valence-electron chi connectivity index (χ2n) is 5.15. The lowest BCUT2D eigenvalue weighted by Crippen LogP contribution is -2.51. The van der Waals surface area contributed by atoms with Crippen molar-refractivity contribution in [3.8, 4) is 0 Å². The number of piperidine rings is 1. The minimum atomic E-state index is -0.146. The Balaban J connectivity index is 1.75. The van der Waals surface area contributed by atoms with Crippen molar-refractivity contribution in [2.24, 2.45) is 0 Å². The number of likely N-dealkylation sites (tertiary alicyclic amines) is 1. The lowest BCUT2D eigenvalue weighted by Gasteiger charge is -2.35. The standard InChI is InChI=1S/C13H24N2O3/c16-10-12-11-18-9-8-15(12)13(17)4-7-14-5-2-1-3-6-14/h12,16H,1-11H2. The normalized spacial score (nSPS) is 26.3. The van der Waals surface area contributed by atoms with Crippen LogP contribution in [0.15, 0.2) is 0 Å². The van der Waals surface area contributed by atoms with Gasteiger partial charge in [0.05, 0.1) is 25.9 Å². The molecule has 0 spiro atoms. The van der Waals surface area contributed by atoms with Gasteiger partial charge in [-0.2, -0.15) is 0 Å². The van der Waals surface area contributed by atoms with E-state index in [4.69, 9.17) is 4.74 Å². The third kappa shape index (κ3) is 3.67. The number of nitrogens with zero attached hydrogens (tertiary/aromatic N) is 2. The third-order valence-electron chi connectivity index (χ3n) is 3.85. The Labute approximate surface area is 109 Å². The third-order valence-corrected chi connectivity index (χ3v) is 3.85. The summed E-state index contributed by atoms with van der Waals surface area (Å²) < 4.78 is 5.28. The Morgan fingerprint density at radius 2 is 2.00 bits per heavy atom. The molecule has 0 aliphatic carbocycles. The molecule has 104 valence electrons. The molecule has 1 atom stereocenters. The highest BCUT2D eigenvalue weighted by molar-refractivity contribution is 5.76. The van der Waals surface area contributed by atoms with E-state index in [9.17, 15) is 9.90 Å². The van der Waals surface area contributed by atoms with Crippen LogP contribution < -0.4 is 0 Å². The fourth-order valence-electron chi connectivity index (χ4n) is 2.71. The van der Waals surface area contributed by atoms with Gasteiger partial charge >= 0.3 is 0 Å². The SMILES string of the molecule is O=C(CCN1CCCCC1)N1CCOCC1CO. The van der Waals surface area contributed by atoms with Crippen molar-refractivity contribution in [1.29, 1.82) is 0 Å². The molecule has 0 aromatic heterocycles. The molecule has 5 nitrogen and oxygen atoms in total. The van der Waals surface area contributed by atoms with Gasteiger partial charge in [0, 0.05) is 19.5 Å². The average molecular weight is 256 g/mol. The summed E-state index contributed by atoms with van der Waals surface area (Å²) in [5.74, 6) is 0.155. The zero-order valence-corrected chi connectivity index (χ0v) is 11.0. The molecule has 0 bridgehead atoms. The molecule has 1 unspecified atom stereocenters. The summed E-state index contributed by atoms with van der Waals surface area (Å²) >= 11 is 0. The van der Waals surface area contributed by atoms with Crippen LogP contribution in [-0.4, -0.2) is 72.9 Å². The Bertz CT molecular complexity index is 267. The first kappa shape index (κ1) is 13.8. The summed E-state index contributed by atoms with van der Waals surface area (Å²) in [6.07, 6.45) is 4.40. The molecule has 0 radical (unpaired) electrons. The summed E-state index contributed by atoms with van der Waals surface area (Å²) in [4.78, 5) is 16.3. The summed E-state index contributed by atoms with van der Waals surface area (Å²) in [5.41, 5.74) is 0. The van der Waals surface area contributed by atoms with Gasteiger partial charge < -0.3 is 19.6 Å². The van der Waals surface area contributed by atoms with Crippen molar-refractivity contribution in [2.45, 2.75) is 31.7 Å². The Morgan fingerprint density at radius 3 is 2.72 bits per heavy atom. The Hall–Kier alpha value is -0.650. The minimum absolute atomic E-state index is 0.00451. The number of hydrogen-bond acceptors (Lipinski definition) is 4. The predicted octanol–water partition coefficient (Wildman–Crippen LogP) is 0.0821. The number of aliphatic hydroxyl groups is 1. The van der Waals surface area contributed by atoms with Crippen molar-refractivity contribution >= 4 is 5.91 Å². The Morgan fingerprint density at radius 1 is 1.22 bits per heavy atom. The van der Waals surface area contributed by atoms with Crippen molar-refractivity contribution in [1.82, 2.24) is 9.80 Å². The maximum atomic E-state index is 12.1. The van der Waals surface area contributed by atoms with Crippen LogP contribution in [0.4, 0.5) is 0 Å². The smallest absolute Gasteiger partial charge is 0.224 e. The quantitative estimate of drug-likeness (QED) is 0.774. The van der Waals surface area contributed by atoms with Gasteiger partial charge in [0.1, 0.15) is 0 Å². The van der Waals surface area contributed by atoms with E-state index in [1.165, 1.54) is 19.3 Å². The van der Waals surface area contributed by atoms with Crippen molar-refractivity contribution in [2.75, 3.05) is 46.0 Å². The molecular formula is C13H24N2O3. The van der Waals surface area contributed by atoms with Crippen LogP contribution in [0.5, 0.6) is 0 Å². The number of amides is 1. The second kappa shape index (κ2) is 7.07. The van der Waals surface area contributed by atoms with Gasteiger partial charge in [-0.3, -0.25) is 4.79 Å². The van der Waals surface area contributed by atoms with Crippen LogP contribution in [0, 0.1) is 0 Å². The largest absolute Gasteiger partial charge is 0.394 e. The summed E-state index contributed by atoms with van der Waals surface area (Å²) in [6, 6.07) is -0.146. The van der Waals surface area contributed by atoms with Crippen LogP contribution in [0.3, 0.4) is 0 Å². The molecule has 0 aromatic rings. The van der Waals surface area contributed by atoms with Crippen molar-refractivity contribution in [3.63, 3.8) is 0 Å². The number of aliphatic hydroxyl groups excluding tert-OH is 1. The second-order valence-corrected chi connectivity index (χ2v) is 5.15. The fraction of sp³-hybridized carbons (Fsp3) is 0.923. The highest BCUT2D eigenvalue weighted by atomic mass is 16.5. The van der Waals surface area contributed by atoms with E-state index in [0.29, 0.717) is 26.2 Å². The monoisotopic (exact) mass is 256 g/mol. The molecule has 0 saturated carbocycles. The summed E-state index contributed by atoms with van der Waals surface area (Å²) in [5, 5.41) is 9.24. The summed E-state index contributed by atoms with van der Waals surface area (Å²) in [6.45, 7) is 4.77. The van der Waals surface area contributed by atoms with Gasteiger partial charge in [-0.05, 0) is 25.9 Å². The van der Waals surface area contributed by atoms with Crippen LogP contribution in [0.1, 0.15) is 25.7 Å². The van der Waals surface area contributed by atoms with Gasteiger partial charge in [0.25, 0.3) is 0 Å². The van der Waals surface area contributed by atoms with Crippen LogP contribution in [0.25, 0.3) is 0 Å². The minimum Gasteiger partial charge on any atom is -0.394 e. The number of carbonyl (C=O) groups is 1. The highest BCUT2D eigenvalue weighted by Gasteiger charge is 2.26. The van der Waals surface area contributed by atoms with Crippen molar-refractivity contribution < 1.29 is 14.6 Å². The molecule has 1 amide bonds.